The Labute approximate surface area is 390 Å². The number of carbonyl (C=O) groups excluding carboxylic acids is 3. The second-order valence-corrected chi connectivity index (χ2v) is 17.8. The van der Waals surface area contributed by atoms with Gasteiger partial charge in [-0.15, -0.1) is 0 Å². The average molecular weight is 881 g/mol. The highest BCUT2D eigenvalue weighted by atomic mass is 16.6. The van der Waals surface area contributed by atoms with Crippen LogP contribution in [0.1, 0.15) is 265 Å². The molecule has 0 aliphatic rings. The van der Waals surface area contributed by atoms with Crippen LogP contribution in [0.2, 0.25) is 0 Å². The molecule has 1 atom stereocenters. The van der Waals surface area contributed by atoms with Crippen molar-refractivity contribution in [2.45, 2.75) is 271 Å². The van der Waals surface area contributed by atoms with Crippen LogP contribution in [0.3, 0.4) is 0 Å². The highest BCUT2D eigenvalue weighted by molar-refractivity contribution is 5.71. The van der Waals surface area contributed by atoms with Crippen LogP contribution < -0.4 is 0 Å². The summed E-state index contributed by atoms with van der Waals surface area (Å²) in [5, 5.41) is 0. The van der Waals surface area contributed by atoms with Crippen LogP contribution >= 0.6 is 0 Å². The summed E-state index contributed by atoms with van der Waals surface area (Å²) < 4.78 is 16.8. The predicted molar refractivity (Wildman–Crippen MR) is 270 cm³/mol. The van der Waals surface area contributed by atoms with E-state index in [1.807, 2.05) is 0 Å². The zero-order valence-electron chi connectivity index (χ0n) is 41.6. The first-order valence-corrected chi connectivity index (χ1v) is 26.8. The molecule has 63 heavy (non-hydrogen) atoms. The minimum Gasteiger partial charge on any atom is -0.462 e. The van der Waals surface area contributed by atoms with Crippen molar-refractivity contribution in [1.29, 1.82) is 0 Å². The fraction of sp³-hybridized carbons (Fsp3) is 0.772. The lowest BCUT2D eigenvalue weighted by Gasteiger charge is -2.18. The Bertz CT molecular complexity index is 1150. The van der Waals surface area contributed by atoms with E-state index in [4.69, 9.17) is 14.2 Å². The molecule has 0 saturated carbocycles. The molecule has 0 fully saturated rings. The molecule has 6 heteroatoms. The van der Waals surface area contributed by atoms with Gasteiger partial charge in [0.25, 0.3) is 0 Å². The van der Waals surface area contributed by atoms with Crippen LogP contribution in [0.25, 0.3) is 0 Å². The summed E-state index contributed by atoms with van der Waals surface area (Å²) in [6.45, 7) is 6.57. The first kappa shape index (κ1) is 60.1. The minimum absolute atomic E-state index is 0.0899. The van der Waals surface area contributed by atoms with Crippen molar-refractivity contribution in [1.82, 2.24) is 0 Å². The summed E-state index contributed by atoms with van der Waals surface area (Å²) in [6.07, 6.45) is 63.4. The molecule has 0 saturated heterocycles. The molecule has 0 aliphatic heterocycles. The monoisotopic (exact) mass is 881 g/mol. The summed E-state index contributed by atoms with van der Waals surface area (Å²) in [4.78, 5) is 38.0. The summed E-state index contributed by atoms with van der Waals surface area (Å²) in [7, 11) is 0. The Kier molecular flexibility index (Phi) is 49.4. The highest BCUT2D eigenvalue weighted by Gasteiger charge is 2.19. The summed E-state index contributed by atoms with van der Waals surface area (Å²) in [5.74, 6) is -0.923. The lowest BCUT2D eigenvalue weighted by atomic mass is 10.1. The molecule has 6 nitrogen and oxygen atoms in total. The van der Waals surface area contributed by atoms with Crippen molar-refractivity contribution >= 4 is 17.9 Å². The molecule has 0 N–H and O–H groups in total. The second-order valence-electron chi connectivity index (χ2n) is 17.8. The predicted octanol–water partition coefficient (Wildman–Crippen LogP) is 17.6. The van der Waals surface area contributed by atoms with Gasteiger partial charge in [0.1, 0.15) is 13.2 Å². The van der Waals surface area contributed by atoms with Gasteiger partial charge in [0.05, 0.1) is 0 Å². The van der Waals surface area contributed by atoms with Crippen LogP contribution in [-0.2, 0) is 28.6 Å². The van der Waals surface area contributed by atoms with Gasteiger partial charge in [-0.2, -0.15) is 0 Å². The van der Waals surface area contributed by atoms with E-state index in [9.17, 15) is 14.4 Å². The van der Waals surface area contributed by atoms with Crippen molar-refractivity contribution < 1.29 is 28.6 Å². The Morgan fingerprint density at radius 2 is 0.571 bits per heavy atom. The molecular formula is C57H100O6. The summed E-state index contributed by atoms with van der Waals surface area (Å²) in [6, 6.07) is 0. The Morgan fingerprint density at radius 3 is 0.952 bits per heavy atom. The first-order valence-electron chi connectivity index (χ1n) is 26.8. The molecular weight excluding hydrogens is 781 g/mol. The standard InChI is InChI=1S/C57H100O6/c1-4-7-10-13-16-19-22-25-27-28-30-33-36-39-42-45-48-51-57(60)63-54(52-61-55(58)49-46-43-40-37-34-31-24-21-18-15-12-9-6-3)53-62-56(59)50-47-44-41-38-35-32-29-26-23-20-17-14-11-8-5-2/h16,19,21,24-27,29-30,33,54H,4-15,17-18,20,22-23,28,31-32,34-53H2,1-3H3/b19-16-,24-21-,27-25-,29-26-,33-30-/t54-/m0/s1. The number of hydrogen-bond donors (Lipinski definition) is 0. The van der Waals surface area contributed by atoms with E-state index in [1.165, 1.54) is 128 Å². The molecule has 0 rings (SSSR count). The first-order chi connectivity index (χ1) is 31.0. The van der Waals surface area contributed by atoms with Crippen molar-refractivity contribution in [3.8, 4) is 0 Å². The second kappa shape index (κ2) is 51.7. The zero-order chi connectivity index (χ0) is 45.8. The average Bonchev–Trinajstić information content (AvgIpc) is 3.28. The van der Waals surface area contributed by atoms with Crippen molar-refractivity contribution in [2.24, 2.45) is 0 Å². The molecule has 0 aromatic rings. The highest BCUT2D eigenvalue weighted by Crippen LogP contribution is 2.14. The lowest BCUT2D eigenvalue weighted by Crippen LogP contribution is -2.30. The van der Waals surface area contributed by atoms with Gasteiger partial charge in [-0.05, 0) is 109 Å². The molecule has 0 spiro atoms. The molecule has 0 radical (unpaired) electrons. The van der Waals surface area contributed by atoms with Crippen molar-refractivity contribution in [3.63, 3.8) is 0 Å². The van der Waals surface area contributed by atoms with Gasteiger partial charge >= 0.3 is 17.9 Å². The maximum absolute atomic E-state index is 12.8. The SMILES string of the molecule is CCCCC/C=C\C/C=C\C/C=C\CCCCCCC(=O)O[C@@H](COC(=O)CCCCCCC/C=C\CCCCCC)COC(=O)CCCCCCC/C=C\CCCCCCCC. The molecule has 364 valence electrons. The number of esters is 3. The van der Waals surface area contributed by atoms with Gasteiger partial charge in [0.15, 0.2) is 6.10 Å². The number of rotatable bonds is 48. The van der Waals surface area contributed by atoms with Crippen molar-refractivity contribution in [3.05, 3.63) is 60.8 Å². The topological polar surface area (TPSA) is 78.9 Å². The largest absolute Gasteiger partial charge is 0.462 e. The van der Waals surface area contributed by atoms with Gasteiger partial charge in [-0.3, -0.25) is 14.4 Å². The van der Waals surface area contributed by atoms with Gasteiger partial charge in [0.2, 0.25) is 0 Å². The van der Waals surface area contributed by atoms with E-state index < -0.39 is 6.10 Å². The van der Waals surface area contributed by atoms with E-state index >= 15 is 0 Å². The number of hydrogen-bond acceptors (Lipinski definition) is 6. The maximum Gasteiger partial charge on any atom is 0.306 e. The molecule has 0 aromatic carbocycles. The number of allylic oxidation sites excluding steroid dienone is 10. The van der Waals surface area contributed by atoms with E-state index in [0.717, 1.165) is 96.3 Å². The van der Waals surface area contributed by atoms with E-state index in [0.29, 0.717) is 19.3 Å². The van der Waals surface area contributed by atoms with Crippen LogP contribution in [0.5, 0.6) is 0 Å². The smallest absolute Gasteiger partial charge is 0.306 e. The fourth-order valence-corrected chi connectivity index (χ4v) is 7.38. The number of carbonyl (C=O) groups is 3. The third kappa shape index (κ3) is 50.0. The molecule has 0 heterocycles. The van der Waals surface area contributed by atoms with Gasteiger partial charge < -0.3 is 14.2 Å². The lowest BCUT2D eigenvalue weighted by molar-refractivity contribution is -0.167. The Morgan fingerprint density at radius 1 is 0.317 bits per heavy atom. The third-order valence-corrected chi connectivity index (χ3v) is 11.5. The summed E-state index contributed by atoms with van der Waals surface area (Å²) in [5.41, 5.74) is 0. The molecule has 0 aliphatic carbocycles. The fourth-order valence-electron chi connectivity index (χ4n) is 7.38. The minimum atomic E-state index is -0.791. The van der Waals surface area contributed by atoms with Gasteiger partial charge in [-0.25, -0.2) is 0 Å². The molecule has 0 aromatic heterocycles. The quantitative estimate of drug-likeness (QED) is 0.0262. The zero-order valence-corrected chi connectivity index (χ0v) is 41.6. The molecule has 0 bridgehead atoms. The molecule has 0 amide bonds. The van der Waals surface area contributed by atoms with Gasteiger partial charge in [-0.1, -0.05) is 197 Å². The number of unbranched alkanes of at least 4 members (excludes halogenated alkanes) is 27. The third-order valence-electron chi connectivity index (χ3n) is 11.5. The Hall–Kier alpha value is -2.89. The number of ether oxygens (including phenoxy) is 3. The van der Waals surface area contributed by atoms with Crippen molar-refractivity contribution in [2.75, 3.05) is 13.2 Å². The van der Waals surface area contributed by atoms with E-state index in [1.54, 1.807) is 0 Å². The van der Waals surface area contributed by atoms with E-state index in [-0.39, 0.29) is 31.1 Å². The van der Waals surface area contributed by atoms with E-state index in [2.05, 4.69) is 81.5 Å². The van der Waals surface area contributed by atoms with Crippen LogP contribution in [-0.4, -0.2) is 37.2 Å². The van der Waals surface area contributed by atoms with Crippen LogP contribution in [0.4, 0.5) is 0 Å². The normalized spacial score (nSPS) is 12.5. The van der Waals surface area contributed by atoms with Crippen LogP contribution in [0.15, 0.2) is 60.8 Å². The Balaban J connectivity index is 4.44. The van der Waals surface area contributed by atoms with Gasteiger partial charge in [0, 0.05) is 19.3 Å². The van der Waals surface area contributed by atoms with Crippen LogP contribution in [0, 0.1) is 0 Å². The summed E-state index contributed by atoms with van der Waals surface area (Å²) >= 11 is 0. The molecule has 0 unspecified atom stereocenters. The maximum atomic E-state index is 12.8.